The van der Waals surface area contributed by atoms with Crippen LogP contribution in [-0.2, 0) is 24.1 Å². The van der Waals surface area contributed by atoms with Crippen LogP contribution in [0.2, 0.25) is 0 Å². The lowest BCUT2D eigenvalue weighted by molar-refractivity contribution is -0.116. The van der Waals surface area contributed by atoms with E-state index in [0.717, 1.165) is 54.2 Å². The fourth-order valence-corrected chi connectivity index (χ4v) is 6.08. The standard InChI is InChI=1S/C18H19N5O3S2/c24-13(22-17-20-12-5-2-6-19-15(25)14(12)28-17)7-9-8-27-18-21-11-4-1-3-10(11)16(26)23(9)18/h9H,1-8H2,(H,19,25)(H,20,22,24)/t9-/m1/s1. The Labute approximate surface area is 169 Å². The molecule has 0 fully saturated rings. The number of thioether (sulfide) groups is 1. The first-order chi connectivity index (χ1) is 13.6. The third-order valence-electron chi connectivity index (χ3n) is 5.32. The highest BCUT2D eigenvalue weighted by atomic mass is 32.2. The predicted molar refractivity (Wildman–Crippen MR) is 106 cm³/mol. The zero-order valence-corrected chi connectivity index (χ0v) is 16.8. The third-order valence-corrected chi connectivity index (χ3v) is 7.43. The van der Waals surface area contributed by atoms with Crippen LogP contribution in [-0.4, -0.2) is 38.6 Å². The molecule has 0 bridgehead atoms. The van der Waals surface area contributed by atoms with Gasteiger partial charge in [0.05, 0.1) is 17.4 Å². The molecule has 0 unspecified atom stereocenters. The zero-order valence-electron chi connectivity index (χ0n) is 15.1. The lowest BCUT2D eigenvalue weighted by Gasteiger charge is -2.13. The van der Waals surface area contributed by atoms with Gasteiger partial charge >= 0.3 is 0 Å². The highest BCUT2D eigenvalue weighted by Gasteiger charge is 2.31. The van der Waals surface area contributed by atoms with E-state index in [1.807, 2.05) is 0 Å². The van der Waals surface area contributed by atoms with E-state index in [-0.39, 0.29) is 29.8 Å². The number of aryl methyl sites for hydroxylation is 2. The lowest BCUT2D eigenvalue weighted by Crippen LogP contribution is -2.30. The minimum atomic E-state index is -0.202. The van der Waals surface area contributed by atoms with Gasteiger partial charge in [-0.1, -0.05) is 23.1 Å². The van der Waals surface area contributed by atoms with Crippen LogP contribution in [0.25, 0.3) is 0 Å². The molecule has 4 heterocycles. The van der Waals surface area contributed by atoms with Crippen LogP contribution in [0.4, 0.5) is 5.13 Å². The molecule has 10 heteroatoms. The number of carbonyl (C=O) groups is 2. The van der Waals surface area contributed by atoms with Gasteiger partial charge in [-0.25, -0.2) is 9.97 Å². The van der Waals surface area contributed by atoms with E-state index < -0.39 is 0 Å². The topological polar surface area (TPSA) is 106 Å². The first-order valence-electron chi connectivity index (χ1n) is 9.45. The molecule has 0 aromatic carbocycles. The van der Waals surface area contributed by atoms with Crippen LogP contribution in [0.15, 0.2) is 9.95 Å². The molecule has 3 aliphatic rings. The molecule has 0 radical (unpaired) electrons. The normalized spacial score (nSPS) is 20.1. The summed E-state index contributed by atoms with van der Waals surface area (Å²) >= 11 is 2.74. The van der Waals surface area contributed by atoms with E-state index in [1.54, 1.807) is 4.57 Å². The maximum atomic E-state index is 12.8. The molecule has 146 valence electrons. The fraction of sp³-hybridized carbons (Fsp3) is 0.500. The second kappa shape index (κ2) is 7.00. The van der Waals surface area contributed by atoms with Crippen molar-refractivity contribution in [1.82, 2.24) is 19.9 Å². The first kappa shape index (κ1) is 17.9. The molecule has 2 amide bonds. The minimum absolute atomic E-state index is 0.0120. The van der Waals surface area contributed by atoms with E-state index in [2.05, 4.69) is 20.6 Å². The van der Waals surface area contributed by atoms with Crippen molar-refractivity contribution in [2.24, 2.45) is 0 Å². The summed E-state index contributed by atoms with van der Waals surface area (Å²) in [6, 6.07) is -0.202. The number of aromatic nitrogens is 3. The first-order valence-corrected chi connectivity index (χ1v) is 11.2. The van der Waals surface area contributed by atoms with Crippen molar-refractivity contribution in [2.75, 3.05) is 17.6 Å². The van der Waals surface area contributed by atoms with Gasteiger partial charge in [0, 0.05) is 24.3 Å². The van der Waals surface area contributed by atoms with E-state index in [0.29, 0.717) is 22.3 Å². The summed E-state index contributed by atoms with van der Waals surface area (Å²) in [6.07, 6.45) is 4.37. The van der Waals surface area contributed by atoms with E-state index in [1.165, 1.54) is 23.1 Å². The summed E-state index contributed by atoms with van der Waals surface area (Å²) in [6.45, 7) is 0.648. The maximum absolute atomic E-state index is 12.8. The van der Waals surface area contributed by atoms with Crippen molar-refractivity contribution >= 4 is 40.0 Å². The van der Waals surface area contributed by atoms with E-state index in [9.17, 15) is 14.4 Å². The van der Waals surface area contributed by atoms with Crippen molar-refractivity contribution < 1.29 is 9.59 Å². The Kier molecular flexibility index (Phi) is 4.47. The van der Waals surface area contributed by atoms with E-state index in [4.69, 9.17) is 0 Å². The Hall–Kier alpha value is -2.20. The Balaban J connectivity index is 1.33. The Morgan fingerprint density at radius 1 is 1.18 bits per heavy atom. The predicted octanol–water partition coefficient (Wildman–Crippen LogP) is 1.54. The third kappa shape index (κ3) is 3.04. The molecule has 2 aliphatic heterocycles. The van der Waals surface area contributed by atoms with Crippen LogP contribution in [0, 0.1) is 0 Å². The Bertz CT molecular complexity index is 1040. The molecule has 0 spiro atoms. The number of thiazole rings is 1. The summed E-state index contributed by atoms with van der Waals surface area (Å²) in [5, 5.41) is 6.81. The second-order valence-corrected chi connectivity index (χ2v) is 9.21. The smallest absolute Gasteiger partial charge is 0.263 e. The largest absolute Gasteiger partial charge is 0.351 e. The second-order valence-electron chi connectivity index (χ2n) is 7.22. The van der Waals surface area contributed by atoms with Crippen molar-refractivity contribution in [3.8, 4) is 0 Å². The molecule has 1 aliphatic carbocycles. The van der Waals surface area contributed by atoms with Gasteiger partial charge in [0.25, 0.3) is 11.5 Å². The summed E-state index contributed by atoms with van der Waals surface area (Å²) in [5.74, 6) is 0.336. The molecule has 8 nitrogen and oxygen atoms in total. The van der Waals surface area contributed by atoms with Crippen molar-refractivity contribution in [3.63, 3.8) is 0 Å². The van der Waals surface area contributed by atoms with Crippen LogP contribution in [0.5, 0.6) is 0 Å². The summed E-state index contributed by atoms with van der Waals surface area (Å²) < 4.78 is 1.69. The van der Waals surface area contributed by atoms with Crippen molar-refractivity contribution in [3.05, 3.63) is 32.2 Å². The lowest BCUT2D eigenvalue weighted by atomic mass is 10.2. The molecular formula is C18H19N5O3S2. The van der Waals surface area contributed by atoms with Gasteiger partial charge in [0.1, 0.15) is 4.88 Å². The van der Waals surface area contributed by atoms with Gasteiger partial charge in [0.2, 0.25) is 5.91 Å². The van der Waals surface area contributed by atoms with Gasteiger partial charge in [-0.15, -0.1) is 0 Å². The van der Waals surface area contributed by atoms with Gasteiger partial charge in [-0.3, -0.25) is 19.0 Å². The number of hydrogen-bond acceptors (Lipinski definition) is 7. The number of rotatable bonds is 3. The van der Waals surface area contributed by atoms with Gasteiger partial charge in [-0.2, -0.15) is 0 Å². The summed E-state index contributed by atoms with van der Waals surface area (Å²) in [4.78, 5) is 47.1. The molecule has 0 saturated carbocycles. The monoisotopic (exact) mass is 417 g/mol. The summed E-state index contributed by atoms with van der Waals surface area (Å²) in [7, 11) is 0. The van der Waals surface area contributed by atoms with E-state index >= 15 is 0 Å². The number of hydrogen-bond donors (Lipinski definition) is 2. The Morgan fingerprint density at radius 3 is 2.93 bits per heavy atom. The average molecular weight is 418 g/mol. The van der Waals surface area contributed by atoms with Gasteiger partial charge in [-0.05, 0) is 32.1 Å². The fourth-order valence-electron chi connectivity index (χ4n) is 3.98. The van der Waals surface area contributed by atoms with Crippen molar-refractivity contribution in [2.45, 2.75) is 49.7 Å². The van der Waals surface area contributed by atoms with Gasteiger partial charge < -0.3 is 10.6 Å². The van der Waals surface area contributed by atoms with Crippen molar-refractivity contribution in [1.29, 1.82) is 0 Å². The van der Waals surface area contributed by atoms with Crippen LogP contribution in [0.1, 0.15) is 51.9 Å². The number of nitrogens with zero attached hydrogens (tertiary/aromatic N) is 3. The quantitative estimate of drug-likeness (QED) is 0.734. The van der Waals surface area contributed by atoms with Crippen LogP contribution < -0.4 is 16.2 Å². The maximum Gasteiger partial charge on any atom is 0.263 e. The van der Waals surface area contributed by atoms with Crippen LogP contribution >= 0.6 is 23.1 Å². The Morgan fingerprint density at radius 2 is 2.04 bits per heavy atom. The molecule has 2 N–H and O–H groups in total. The molecule has 2 aromatic heterocycles. The SMILES string of the molecule is O=C(C[C@@H]1CSc2nc3c(c(=O)n21)CCC3)Nc1nc2c(s1)C(=O)NCCC2. The zero-order chi connectivity index (χ0) is 19.3. The molecule has 0 saturated heterocycles. The highest BCUT2D eigenvalue weighted by molar-refractivity contribution is 7.99. The molecular weight excluding hydrogens is 398 g/mol. The number of nitrogens with one attached hydrogen (secondary N) is 2. The van der Waals surface area contributed by atoms with Crippen LogP contribution in [0.3, 0.4) is 0 Å². The minimum Gasteiger partial charge on any atom is -0.351 e. The molecule has 1 atom stereocenters. The molecule has 28 heavy (non-hydrogen) atoms. The number of amides is 2. The number of fused-ring (bicyclic) bond motifs is 3. The number of carbonyl (C=O) groups excluding carboxylic acids is 2. The average Bonchev–Trinajstić information content (AvgIpc) is 3.36. The molecule has 5 rings (SSSR count). The highest BCUT2D eigenvalue weighted by Crippen LogP contribution is 2.34. The number of anilines is 1. The molecule has 2 aromatic rings. The van der Waals surface area contributed by atoms with Gasteiger partial charge in [0.15, 0.2) is 10.3 Å². The summed E-state index contributed by atoms with van der Waals surface area (Å²) in [5.41, 5.74) is 2.49.